The number of hydrogen-bond acceptors (Lipinski definition) is 9. The standard InChI is InChI=1S/C26H21F3N2O8S/c1-3-37-25(33)21-22(39-40(34,35)26(27,28)29)19-13-17(18-11-7-8-12-20(18)36-2)14-30-23(19)31(24(21)32)38-15-16-9-5-4-6-10-16/h4-14H,3,15H2,1-2H3. The maximum absolute atomic E-state index is 13.5. The molecule has 40 heavy (non-hydrogen) atoms. The molecule has 0 amide bonds. The second kappa shape index (κ2) is 11.3. The first-order valence-electron chi connectivity index (χ1n) is 11.6. The Morgan fingerprint density at radius 1 is 1.05 bits per heavy atom. The summed E-state index contributed by atoms with van der Waals surface area (Å²) in [6.45, 7) is 0.888. The van der Waals surface area contributed by atoms with Crippen LogP contribution in [0.15, 0.2) is 71.7 Å². The number of alkyl halides is 3. The lowest BCUT2D eigenvalue weighted by atomic mass is 10.0. The van der Waals surface area contributed by atoms with E-state index in [1.165, 1.54) is 26.3 Å². The number of halogens is 3. The molecule has 10 nitrogen and oxygen atoms in total. The van der Waals surface area contributed by atoms with Crippen molar-refractivity contribution in [2.24, 2.45) is 0 Å². The molecule has 0 fully saturated rings. The lowest BCUT2D eigenvalue weighted by Crippen LogP contribution is -2.35. The van der Waals surface area contributed by atoms with Crippen molar-refractivity contribution >= 4 is 27.1 Å². The van der Waals surface area contributed by atoms with Crippen LogP contribution in [0.2, 0.25) is 0 Å². The third-order valence-electron chi connectivity index (χ3n) is 5.51. The third-order valence-corrected chi connectivity index (χ3v) is 6.46. The molecule has 2 aromatic heterocycles. The predicted octanol–water partition coefficient (Wildman–Crippen LogP) is 4.11. The number of benzene rings is 2. The third kappa shape index (κ3) is 5.57. The molecule has 0 spiro atoms. The number of ether oxygens (including phenoxy) is 2. The lowest BCUT2D eigenvalue weighted by Gasteiger charge is -2.18. The van der Waals surface area contributed by atoms with E-state index < -0.39 is 49.5 Å². The second-order valence-corrected chi connectivity index (χ2v) is 9.60. The molecule has 2 heterocycles. The molecule has 4 aromatic rings. The number of hydrogen-bond donors (Lipinski definition) is 0. The maximum atomic E-state index is 13.5. The van der Waals surface area contributed by atoms with E-state index in [0.717, 1.165) is 0 Å². The van der Waals surface area contributed by atoms with E-state index >= 15 is 0 Å². The summed E-state index contributed by atoms with van der Waals surface area (Å²) in [6.07, 6.45) is 1.27. The quantitative estimate of drug-likeness (QED) is 0.164. The Morgan fingerprint density at radius 2 is 1.73 bits per heavy atom. The number of carbonyl (C=O) groups is 1. The minimum atomic E-state index is -6.34. The highest BCUT2D eigenvalue weighted by atomic mass is 32.2. The second-order valence-electron chi connectivity index (χ2n) is 8.06. The van der Waals surface area contributed by atoms with Crippen LogP contribution in [0.25, 0.3) is 22.2 Å². The monoisotopic (exact) mass is 578 g/mol. The molecule has 2 aromatic carbocycles. The van der Waals surface area contributed by atoms with Crippen molar-refractivity contribution in [2.45, 2.75) is 19.0 Å². The normalized spacial score (nSPS) is 11.7. The van der Waals surface area contributed by atoms with Crippen LogP contribution < -0.4 is 19.3 Å². The van der Waals surface area contributed by atoms with E-state index in [-0.39, 0.29) is 18.8 Å². The number of carbonyl (C=O) groups excluding carboxylic acids is 1. The van der Waals surface area contributed by atoms with Crippen LogP contribution in [0.3, 0.4) is 0 Å². The molecule has 0 atom stereocenters. The Labute approximate surface area is 225 Å². The highest BCUT2D eigenvalue weighted by Crippen LogP contribution is 2.37. The molecule has 14 heteroatoms. The molecule has 0 saturated carbocycles. The fourth-order valence-corrected chi connectivity index (χ4v) is 4.19. The average molecular weight is 579 g/mol. The van der Waals surface area contributed by atoms with E-state index in [9.17, 15) is 31.2 Å². The molecular formula is C26H21F3N2O8S. The maximum Gasteiger partial charge on any atom is 0.534 e. The molecule has 0 aliphatic carbocycles. The number of esters is 1. The smallest absolute Gasteiger partial charge is 0.496 e. The van der Waals surface area contributed by atoms with Crippen molar-refractivity contribution in [1.82, 2.24) is 9.71 Å². The summed E-state index contributed by atoms with van der Waals surface area (Å²) in [5.41, 5.74) is -7.50. The average Bonchev–Trinajstić information content (AvgIpc) is 2.92. The Kier molecular flexibility index (Phi) is 8.00. The van der Waals surface area contributed by atoms with Crippen molar-refractivity contribution in [3.63, 3.8) is 0 Å². The van der Waals surface area contributed by atoms with Crippen molar-refractivity contribution in [2.75, 3.05) is 13.7 Å². The Morgan fingerprint density at radius 3 is 2.38 bits per heavy atom. The van der Waals surface area contributed by atoms with Gasteiger partial charge in [-0.1, -0.05) is 48.5 Å². The van der Waals surface area contributed by atoms with Crippen LogP contribution in [0, 0.1) is 0 Å². The van der Waals surface area contributed by atoms with E-state index in [4.69, 9.17) is 14.3 Å². The van der Waals surface area contributed by atoms with E-state index in [1.807, 2.05) is 0 Å². The van der Waals surface area contributed by atoms with Crippen molar-refractivity contribution in [1.29, 1.82) is 0 Å². The van der Waals surface area contributed by atoms with E-state index in [0.29, 0.717) is 21.6 Å². The predicted molar refractivity (Wildman–Crippen MR) is 136 cm³/mol. The Hall–Kier alpha value is -4.59. The number of rotatable bonds is 9. The summed E-state index contributed by atoms with van der Waals surface area (Å²) < 4.78 is 79.5. The first-order chi connectivity index (χ1) is 19.0. The minimum absolute atomic E-state index is 0.213. The van der Waals surface area contributed by atoms with Gasteiger partial charge in [0.05, 0.1) is 19.1 Å². The zero-order valence-corrected chi connectivity index (χ0v) is 21.8. The summed E-state index contributed by atoms with van der Waals surface area (Å²) in [4.78, 5) is 36.1. The van der Waals surface area contributed by atoms with Gasteiger partial charge in [-0.2, -0.15) is 21.6 Å². The van der Waals surface area contributed by atoms with Gasteiger partial charge in [-0.3, -0.25) is 4.79 Å². The molecule has 0 aliphatic heterocycles. The fraction of sp³-hybridized carbons (Fsp3) is 0.192. The van der Waals surface area contributed by atoms with Crippen molar-refractivity contribution < 1.29 is 44.9 Å². The highest BCUT2D eigenvalue weighted by molar-refractivity contribution is 7.88. The summed E-state index contributed by atoms with van der Waals surface area (Å²) in [7, 11) is -4.94. The molecule has 0 bridgehead atoms. The van der Waals surface area contributed by atoms with Gasteiger partial charge in [-0.25, -0.2) is 9.78 Å². The fourth-order valence-electron chi connectivity index (χ4n) is 3.71. The highest BCUT2D eigenvalue weighted by Gasteiger charge is 2.49. The van der Waals surface area contributed by atoms with Gasteiger partial charge in [0.25, 0.3) is 0 Å². The summed E-state index contributed by atoms with van der Waals surface area (Å²) in [6, 6.07) is 16.3. The molecule has 0 unspecified atom stereocenters. The van der Waals surface area contributed by atoms with Gasteiger partial charge in [0.1, 0.15) is 12.4 Å². The zero-order valence-electron chi connectivity index (χ0n) is 21.0. The number of fused-ring (bicyclic) bond motifs is 1. The number of para-hydroxylation sites is 1. The van der Waals surface area contributed by atoms with Crippen LogP contribution in [0.5, 0.6) is 11.5 Å². The first kappa shape index (κ1) is 28.4. The van der Waals surface area contributed by atoms with Gasteiger partial charge in [-0.15, -0.1) is 4.73 Å². The van der Waals surface area contributed by atoms with Crippen LogP contribution >= 0.6 is 0 Å². The molecule has 0 aliphatic rings. The summed E-state index contributed by atoms with van der Waals surface area (Å²) in [5.74, 6) is -2.28. The molecule has 210 valence electrons. The van der Waals surface area contributed by atoms with Gasteiger partial charge in [0.2, 0.25) is 0 Å². The van der Waals surface area contributed by atoms with Crippen LogP contribution in [-0.2, 0) is 21.5 Å². The number of aromatic nitrogens is 2. The lowest BCUT2D eigenvalue weighted by molar-refractivity contribution is -0.0500. The Balaban J connectivity index is 2.06. The van der Waals surface area contributed by atoms with Crippen LogP contribution in [0.4, 0.5) is 13.2 Å². The molecule has 0 saturated heterocycles. The van der Waals surface area contributed by atoms with Crippen molar-refractivity contribution in [3.05, 3.63) is 88.3 Å². The summed E-state index contributed by atoms with van der Waals surface area (Å²) >= 11 is 0. The van der Waals surface area contributed by atoms with Gasteiger partial charge in [0.15, 0.2) is 17.0 Å². The van der Waals surface area contributed by atoms with Gasteiger partial charge < -0.3 is 18.5 Å². The van der Waals surface area contributed by atoms with Crippen molar-refractivity contribution in [3.8, 4) is 22.6 Å². The first-order valence-corrected chi connectivity index (χ1v) is 13.0. The largest absolute Gasteiger partial charge is 0.534 e. The molecule has 0 radical (unpaired) electrons. The SMILES string of the molecule is CCOC(=O)c1c(OS(=O)(=O)C(F)(F)F)c2cc(-c3ccccc3OC)cnc2n(OCc2ccccc2)c1=O. The topological polar surface area (TPSA) is 123 Å². The molecule has 4 rings (SSSR count). The number of pyridine rings is 2. The molecular weight excluding hydrogens is 557 g/mol. The van der Waals surface area contributed by atoms with Gasteiger partial charge >= 0.3 is 27.2 Å². The molecule has 0 N–H and O–H groups in total. The van der Waals surface area contributed by atoms with E-state index in [1.54, 1.807) is 54.6 Å². The van der Waals surface area contributed by atoms with Gasteiger partial charge in [-0.05, 0) is 24.6 Å². The minimum Gasteiger partial charge on any atom is -0.496 e. The van der Waals surface area contributed by atoms with Crippen LogP contribution in [-0.4, -0.2) is 43.3 Å². The van der Waals surface area contributed by atoms with Crippen LogP contribution in [0.1, 0.15) is 22.8 Å². The van der Waals surface area contributed by atoms with E-state index in [2.05, 4.69) is 9.17 Å². The van der Waals surface area contributed by atoms with Gasteiger partial charge in [0, 0.05) is 17.3 Å². The summed E-state index contributed by atoms with van der Waals surface area (Å²) in [5, 5.41) is -0.452. The zero-order chi connectivity index (χ0) is 29.1. The number of methoxy groups -OCH3 is 1. The Bertz CT molecular complexity index is 1720. The number of nitrogens with zero attached hydrogens (tertiary/aromatic N) is 2.